The first-order chi connectivity index (χ1) is 9.55. The van der Waals surface area contributed by atoms with E-state index in [0.29, 0.717) is 17.8 Å². The molecule has 2 rings (SSSR count). The first-order valence-corrected chi connectivity index (χ1v) is 8.55. The minimum Gasteiger partial charge on any atom is -0.391 e. The maximum atomic E-state index is 12.4. The molecule has 0 fully saturated rings. The number of sulfonamides is 1. The van der Waals surface area contributed by atoms with Gasteiger partial charge in [-0.25, -0.2) is 12.7 Å². The molecule has 0 saturated carbocycles. The van der Waals surface area contributed by atoms with Crippen molar-refractivity contribution in [3.63, 3.8) is 0 Å². The lowest BCUT2D eigenvalue weighted by Gasteiger charge is -2.17. The maximum absolute atomic E-state index is 12.4. The Labute approximate surface area is 123 Å². The minimum atomic E-state index is -3.52. The molecule has 1 N–H and O–H groups in total. The van der Waals surface area contributed by atoms with E-state index >= 15 is 0 Å². The molecule has 0 radical (unpaired) electrons. The van der Waals surface area contributed by atoms with E-state index in [4.69, 9.17) is 0 Å². The van der Waals surface area contributed by atoms with Gasteiger partial charge in [0.05, 0.1) is 11.5 Å². The quantitative estimate of drug-likeness (QED) is 0.889. The van der Waals surface area contributed by atoms with Crippen LogP contribution in [0.4, 0.5) is 0 Å². The summed E-state index contributed by atoms with van der Waals surface area (Å²) in [7, 11) is -1.96. The number of thiophene rings is 1. The zero-order valence-electron chi connectivity index (χ0n) is 11.2. The summed E-state index contributed by atoms with van der Waals surface area (Å²) in [5.74, 6) is 0. The molecule has 0 amide bonds. The maximum Gasteiger partial charge on any atom is 0.244 e. The summed E-state index contributed by atoms with van der Waals surface area (Å²) in [6.07, 6.45) is 0.662. The summed E-state index contributed by atoms with van der Waals surface area (Å²) in [5, 5.41) is 10.9. The first kappa shape index (κ1) is 15.2. The highest BCUT2D eigenvalue weighted by atomic mass is 32.2. The molecule has 6 heteroatoms. The molecule has 0 aliphatic carbocycles. The first-order valence-electron chi connectivity index (χ1n) is 6.23. The van der Waals surface area contributed by atoms with Crippen LogP contribution in [0, 0.1) is 0 Å². The molecule has 108 valence electrons. The van der Waals surface area contributed by atoms with Crippen molar-refractivity contribution in [1.82, 2.24) is 4.31 Å². The summed E-state index contributed by atoms with van der Waals surface area (Å²) < 4.78 is 26.2. The Balaban J connectivity index is 2.10. The van der Waals surface area contributed by atoms with Gasteiger partial charge in [0.1, 0.15) is 0 Å². The van der Waals surface area contributed by atoms with Crippen LogP contribution in [0.2, 0.25) is 0 Å². The fraction of sp³-hybridized carbons (Fsp3) is 0.286. The Morgan fingerprint density at radius 1 is 1.20 bits per heavy atom. The topological polar surface area (TPSA) is 57.6 Å². The molecule has 20 heavy (non-hydrogen) atoms. The molecule has 0 unspecified atom stereocenters. The van der Waals surface area contributed by atoms with Gasteiger partial charge in [0.15, 0.2) is 0 Å². The molecule has 0 saturated heterocycles. The van der Waals surface area contributed by atoms with Crippen LogP contribution in [-0.4, -0.2) is 31.4 Å². The molecule has 1 aromatic carbocycles. The van der Waals surface area contributed by atoms with Gasteiger partial charge >= 0.3 is 0 Å². The summed E-state index contributed by atoms with van der Waals surface area (Å²) in [5.41, 5.74) is 1.10. The van der Waals surface area contributed by atoms with Crippen molar-refractivity contribution in [3.05, 3.63) is 52.2 Å². The Kier molecular flexibility index (Phi) is 4.93. The SMILES string of the molecule is CN(CCc1ccccc1)S(=O)(=O)c1ccsc1CO. The van der Waals surface area contributed by atoms with Crippen molar-refractivity contribution in [3.8, 4) is 0 Å². The summed E-state index contributed by atoms with van der Waals surface area (Å²) in [4.78, 5) is 0.692. The second-order valence-electron chi connectivity index (χ2n) is 4.43. The lowest BCUT2D eigenvalue weighted by atomic mass is 10.2. The van der Waals surface area contributed by atoms with E-state index < -0.39 is 10.0 Å². The predicted molar refractivity (Wildman–Crippen MR) is 80.2 cm³/mol. The number of rotatable bonds is 6. The van der Waals surface area contributed by atoms with Crippen LogP contribution < -0.4 is 0 Å². The fourth-order valence-electron chi connectivity index (χ4n) is 1.89. The molecule has 0 bridgehead atoms. The average molecular weight is 311 g/mol. The van der Waals surface area contributed by atoms with E-state index in [1.165, 1.54) is 15.6 Å². The number of aliphatic hydroxyl groups excluding tert-OH is 1. The van der Waals surface area contributed by atoms with Gasteiger partial charge in [0.25, 0.3) is 0 Å². The van der Waals surface area contributed by atoms with Gasteiger partial charge in [-0.1, -0.05) is 30.3 Å². The summed E-state index contributed by atoms with van der Waals surface area (Å²) in [6.45, 7) is 0.159. The molecule has 1 heterocycles. The standard InChI is InChI=1S/C14H17NO3S2/c1-15(9-7-12-5-3-2-4-6-12)20(17,18)14-8-10-19-13(14)11-16/h2-6,8,10,16H,7,9,11H2,1H3. The van der Waals surface area contributed by atoms with Gasteiger partial charge in [0, 0.05) is 18.5 Å². The largest absolute Gasteiger partial charge is 0.391 e. The van der Waals surface area contributed by atoms with Crippen molar-refractivity contribution < 1.29 is 13.5 Å². The molecule has 4 nitrogen and oxygen atoms in total. The summed E-state index contributed by atoms with van der Waals surface area (Å²) in [6, 6.07) is 11.3. The van der Waals surface area contributed by atoms with Crippen molar-refractivity contribution >= 4 is 21.4 Å². The Bertz CT molecular complexity index is 650. The fourth-order valence-corrected chi connectivity index (χ4v) is 4.33. The van der Waals surface area contributed by atoms with Crippen LogP contribution in [0.5, 0.6) is 0 Å². The third-order valence-corrected chi connectivity index (χ3v) is 6.07. The predicted octanol–water partition coefficient (Wildman–Crippen LogP) is 2.10. The normalized spacial score (nSPS) is 11.9. The van der Waals surface area contributed by atoms with Gasteiger partial charge in [0.2, 0.25) is 10.0 Å². The monoisotopic (exact) mass is 311 g/mol. The second-order valence-corrected chi connectivity index (χ2v) is 7.44. The number of aliphatic hydroxyl groups is 1. The Morgan fingerprint density at radius 3 is 2.55 bits per heavy atom. The Morgan fingerprint density at radius 2 is 1.90 bits per heavy atom. The lowest BCUT2D eigenvalue weighted by Crippen LogP contribution is -2.29. The van der Waals surface area contributed by atoms with E-state index in [1.807, 2.05) is 30.3 Å². The molecule has 0 spiro atoms. The smallest absolute Gasteiger partial charge is 0.244 e. The van der Waals surface area contributed by atoms with Gasteiger partial charge in [-0.3, -0.25) is 0 Å². The minimum absolute atomic E-state index is 0.209. The molecule has 0 atom stereocenters. The molecule has 2 aromatic rings. The van der Waals surface area contributed by atoms with Gasteiger partial charge in [-0.2, -0.15) is 0 Å². The highest BCUT2D eigenvalue weighted by Crippen LogP contribution is 2.24. The van der Waals surface area contributed by atoms with Crippen LogP contribution in [0.15, 0.2) is 46.7 Å². The molecule has 0 aliphatic heterocycles. The molecule has 0 aliphatic rings. The number of nitrogens with zero attached hydrogens (tertiary/aromatic N) is 1. The van der Waals surface area contributed by atoms with Gasteiger partial charge in [-0.15, -0.1) is 11.3 Å². The van der Waals surface area contributed by atoms with Crippen molar-refractivity contribution in [2.45, 2.75) is 17.9 Å². The third kappa shape index (κ3) is 3.27. The highest BCUT2D eigenvalue weighted by Gasteiger charge is 2.24. The van der Waals surface area contributed by atoms with Crippen LogP contribution >= 0.6 is 11.3 Å². The lowest BCUT2D eigenvalue weighted by molar-refractivity contribution is 0.282. The second kappa shape index (κ2) is 6.49. The van der Waals surface area contributed by atoms with E-state index in [1.54, 1.807) is 18.5 Å². The van der Waals surface area contributed by atoms with Crippen LogP contribution in [0.3, 0.4) is 0 Å². The van der Waals surface area contributed by atoms with E-state index in [2.05, 4.69) is 0 Å². The highest BCUT2D eigenvalue weighted by molar-refractivity contribution is 7.89. The van der Waals surface area contributed by atoms with E-state index in [0.717, 1.165) is 5.56 Å². The summed E-state index contributed by atoms with van der Waals surface area (Å²) >= 11 is 1.25. The van der Waals surface area contributed by atoms with Gasteiger partial charge in [-0.05, 0) is 23.4 Å². The van der Waals surface area contributed by atoms with Gasteiger partial charge < -0.3 is 5.11 Å². The van der Waals surface area contributed by atoms with Crippen LogP contribution in [-0.2, 0) is 23.1 Å². The van der Waals surface area contributed by atoms with E-state index in [9.17, 15) is 13.5 Å². The molecule has 1 aromatic heterocycles. The number of likely N-dealkylation sites (N-methyl/N-ethyl adjacent to an activating group) is 1. The van der Waals surface area contributed by atoms with Crippen LogP contribution in [0.1, 0.15) is 10.4 Å². The number of hydrogen-bond donors (Lipinski definition) is 1. The zero-order valence-corrected chi connectivity index (χ0v) is 12.8. The van der Waals surface area contributed by atoms with Crippen molar-refractivity contribution in [2.24, 2.45) is 0 Å². The van der Waals surface area contributed by atoms with Crippen LogP contribution in [0.25, 0.3) is 0 Å². The van der Waals surface area contributed by atoms with E-state index in [-0.39, 0.29) is 11.5 Å². The zero-order chi connectivity index (χ0) is 14.6. The van der Waals surface area contributed by atoms with Crippen molar-refractivity contribution in [2.75, 3.05) is 13.6 Å². The third-order valence-electron chi connectivity index (χ3n) is 3.09. The Hall–Kier alpha value is -1.21. The number of hydrogen-bond acceptors (Lipinski definition) is 4. The molecular formula is C14H17NO3S2. The molecular weight excluding hydrogens is 294 g/mol. The van der Waals surface area contributed by atoms with Crippen molar-refractivity contribution in [1.29, 1.82) is 0 Å². The number of benzene rings is 1. The average Bonchev–Trinajstić information content (AvgIpc) is 2.95.